The van der Waals surface area contributed by atoms with E-state index in [9.17, 15) is 0 Å². The lowest BCUT2D eigenvalue weighted by atomic mass is 9.99. The van der Waals surface area contributed by atoms with Crippen LogP contribution in [-0.4, -0.2) is 19.5 Å². The van der Waals surface area contributed by atoms with E-state index in [0.717, 1.165) is 22.2 Å². The standard InChI is InChI=1S/C41H24N4S/c1-3-14-26(15-4-1)39-42-40(27-16-5-2-6-17-27)44-41(43-39)45-33-22-12-11-21-31(33)34-29-19-9-10-20-30(29)38-35(36(34)45)32-24-23-25-13-7-8-18-28(25)37(32)46-38/h1-24H. The molecule has 0 radical (unpaired) electrons. The van der Waals surface area contributed by atoms with Crippen LogP contribution in [0.2, 0.25) is 0 Å². The molecule has 4 nitrogen and oxygen atoms in total. The van der Waals surface area contributed by atoms with E-state index in [1.165, 1.54) is 52.5 Å². The first-order chi connectivity index (χ1) is 22.8. The molecule has 0 aliphatic carbocycles. The minimum atomic E-state index is 0.607. The molecule has 0 unspecified atom stereocenters. The van der Waals surface area contributed by atoms with Crippen LogP contribution in [0, 0.1) is 0 Å². The van der Waals surface area contributed by atoms with Crippen molar-refractivity contribution in [2.24, 2.45) is 0 Å². The maximum absolute atomic E-state index is 5.22. The van der Waals surface area contributed by atoms with Crippen molar-refractivity contribution in [2.75, 3.05) is 0 Å². The van der Waals surface area contributed by atoms with E-state index in [0.29, 0.717) is 17.6 Å². The molecule has 10 aromatic rings. The summed E-state index contributed by atoms with van der Waals surface area (Å²) in [6.07, 6.45) is 0. The summed E-state index contributed by atoms with van der Waals surface area (Å²) >= 11 is 1.88. The number of hydrogen-bond donors (Lipinski definition) is 0. The highest BCUT2D eigenvalue weighted by Crippen LogP contribution is 2.49. The summed E-state index contributed by atoms with van der Waals surface area (Å²) in [4.78, 5) is 15.4. The number of nitrogens with zero attached hydrogens (tertiary/aromatic N) is 4. The van der Waals surface area contributed by atoms with E-state index >= 15 is 0 Å². The van der Waals surface area contributed by atoms with Gasteiger partial charge in [0.15, 0.2) is 11.6 Å². The maximum Gasteiger partial charge on any atom is 0.238 e. The Bertz CT molecular complexity index is 2740. The van der Waals surface area contributed by atoms with Gasteiger partial charge in [-0.3, -0.25) is 4.57 Å². The Balaban J connectivity index is 1.44. The van der Waals surface area contributed by atoms with Crippen LogP contribution >= 0.6 is 11.3 Å². The Hall–Kier alpha value is -5.91. The van der Waals surface area contributed by atoms with Gasteiger partial charge in [0.2, 0.25) is 5.95 Å². The number of aromatic nitrogens is 4. The van der Waals surface area contributed by atoms with Gasteiger partial charge in [0, 0.05) is 47.5 Å². The predicted octanol–water partition coefficient (Wildman–Crippen LogP) is 11.0. The molecule has 0 amide bonds. The smallest absolute Gasteiger partial charge is 0.238 e. The van der Waals surface area contributed by atoms with E-state index in [-0.39, 0.29) is 0 Å². The van der Waals surface area contributed by atoms with Crippen molar-refractivity contribution in [1.29, 1.82) is 0 Å². The summed E-state index contributed by atoms with van der Waals surface area (Å²) in [5, 5.41) is 9.91. The Morgan fingerprint density at radius 3 is 1.72 bits per heavy atom. The molecule has 0 atom stereocenters. The van der Waals surface area contributed by atoms with Crippen molar-refractivity contribution in [3.8, 4) is 28.7 Å². The molecule has 0 bridgehead atoms. The Kier molecular flexibility index (Phi) is 5.41. The highest BCUT2D eigenvalue weighted by molar-refractivity contribution is 7.27. The van der Waals surface area contributed by atoms with Crippen LogP contribution in [0.1, 0.15) is 0 Å². The second-order valence-corrected chi connectivity index (χ2v) is 12.6. The molecule has 0 saturated carbocycles. The molecule has 0 spiro atoms. The molecule has 10 rings (SSSR count). The van der Waals surface area contributed by atoms with E-state index < -0.39 is 0 Å². The third-order valence-electron chi connectivity index (χ3n) is 9.02. The minimum absolute atomic E-state index is 0.607. The normalized spacial score (nSPS) is 11.9. The van der Waals surface area contributed by atoms with Crippen LogP contribution in [0.4, 0.5) is 0 Å². The molecule has 0 N–H and O–H groups in total. The van der Waals surface area contributed by atoms with Crippen molar-refractivity contribution in [1.82, 2.24) is 19.5 Å². The molecule has 3 heterocycles. The molecular formula is C41H24N4S. The first kappa shape index (κ1) is 25.4. The molecule has 0 aliphatic heterocycles. The van der Waals surface area contributed by atoms with Crippen LogP contribution < -0.4 is 0 Å². The number of rotatable bonds is 3. The lowest BCUT2D eigenvalue weighted by Gasteiger charge is -2.12. The first-order valence-corrected chi connectivity index (χ1v) is 16.2. The summed E-state index contributed by atoms with van der Waals surface area (Å²) in [5.74, 6) is 1.90. The Morgan fingerprint density at radius 2 is 1.00 bits per heavy atom. The molecule has 5 heteroatoms. The van der Waals surface area contributed by atoms with Crippen molar-refractivity contribution < 1.29 is 0 Å². The SMILES string of the molecule is c1ccc(-c2nc(-c3ccccc3)nc(-n3c4ccccc4c4c5ccccc5c5sc6c7ccccc7ccc6c5c43)n2)cc1. The van der Waals surface area contributed by atoms with Crippen LogP contribution in [0.3, 0.4) is 0 Å². The van der Waals surface area contributed by atoms with Gasteiger partial charge in [0.05, 0.1) is 11.0 Å². The zero-order valence-electron chi connectivity index (χ0n) is 24.6. The Labute approximate surface area is 267 Å². The zero-order chi connectivity index (χ0) is 30.2. The number of hydrogen-bond acceptors (Lipinski definition) is 4. The van der Waals surface area contributed by atoms with Gasteiger partial charge in [-0.1, -0.05) is 140 Å². The summed E-state index contributed by atoms with van der Waals surface area (Å²) < 4.78 is 4.86. The first-order valence-electron chi connectivity index (χ1n) is 15.4. The molecule has 46 heavy (non-hydrogen) atoms. The highest BCUT2D eigenvalue weighted by atomic mass is 32.1. The van der Waals surface area contributed by atoms with Gasteiger partial charge in [-0.15, -0.1) is 11.3 Å². The van der Waals surface area contributed by atoms with Crippen LogP contribution in [0.25, 0.3) is 92.2 Å². The fourth-order valence-electron chi connectivity index (χ4n) is 7.00. The van der Waals surface area contributed by atoms with E-state index in [4.69, 9.17) is 15.0 Å². The van der Waals surface area contributed by atoms with Gasteiger partial charge in [-0.2, -0.15) is 9.97 Å². The molecule has 7 aromatic carbocycles. The second kappa shape index (κ2) is 9.80. The molecular weight excluding hydrogens is 581 g/mol. The fourth-order valence-corrected chi connectivity index (χ4v) is 8.38. The van der Waals surface area contributed by atoms with Gasteiger partial charge >= 0.3 is 0 Å². The van der Waals surface area contributed by atoms with Crippen LogP contribution in [0.15, 0.2) is 146 Å². The molecule has 214 valence electrons. The number of thiophene rings is 1. The number of para-hydroxylation sites is 1. The third-order valence-corrected chi connectivity index (χ3v) is 10.3. The quantitative estimate of drug-likeness (QED) is 0.201. The summed E-state index contributed by atoms with van der Waals surface area (Å²) in [7, 11) is 0. The molecule has 3 aromatic heterocycles. The molecule has 0 fully saturated rings. The Morgan fingerprint density at radius 1 is 0.413 bits per heavy atom. The van der Waals surface area contributed by atoms with E-state index in [1.54, 1.807) is 0 Å². The fraction of sp³-hybridized carbons (Fsp3) is 0. The third kappa shape index (κ3) is 3.63. The monoisotopic (exact) mass is 604 g/mol. The van der Waals surface area contributed by atoms with Gasteiger partial charge in [-0.05, 0) is 22.2 Å². The predicted molar refractivity (Wildman–Crippen MR) is 193 cm³/mol. The second-order valence-electron chi connectivity index (χ2n) is 11.6. The summed E-state index contributed by atoms with van der Waals surface area (Å²) in [6.45, 7) is 0. The van der Waals surface area contributed by atoms with Crippen molar-refractivity contribution in [3.05, 3.63) is 146 Å². The average molecular weight is 605 g/mol. The minimum Gasteiger partial charge on any atom is -0.277 e. The van der Waals surface area contributed by atoms with Gasteiger partial charge in [0.25, 0.3) is 0 Å². The van der Waals surface area contributed by atoms with Gasteiger partial charge in [0.1, 0.15) is 0 Å². The molecule has 0 aliphatic rings. The summed E-state index contributed by atoms with van der Waals surface area (Å²) in [6, 6.07) is 51.1. The van der Waals surface area contributed by atoms with Crippen molar-refractivity contribution in [2.45, 2.75) is 0 Å². The van der Waals surface area contributed by atoms with Crippen LogP contribution in [0.5, 0.6) is 0 Å². The topological polar surface area (TPSA) is 43.6 Å². The van der Waals surface area contributed by atoms with Crippen molar-refractivity contribution >= 4 is 74.9 Å². The summed E-state index contributed by atoms with van der Waals surface area (Å²) in [5.41, 5.74) is 4.10. The van der Waals surface area contributed by atoms with Gasteiger partial charge in [-0.25, -0.2) is 4.98 Å². The lowest BCUT2D eigenvalue weighted by molar-refractivity contribution is 0.955. The van der Waals surface area contributed by atoms with Crippen molar-refractivity contribution in [3.63, 3.8) is 0 Å². The maximum atomic E-state index is 5.22. The zero-order valence-corrected chi connectivity index (χ0v) is 25.4. The van der Waals surface area contributed by atoms with Gasteiger partial charge < -0.3 is 0 Å². The van der Waals surface area contributed by atoms with E-state index in [2.05, 4.69) is 114 Å². The van der Waals surface area contributed by atoms with E-state index in [1.807, 2.05) is 47.7 Å². The van der Waals surface area contributed by atoms with Crippen LogP contribution in [-0.2, 0) is 0 Å². The largest absolute Gasteiger partial charge is 0.277 e. The average Bonchev–Trinajstić information content (AvgIpc) is 3.69. The highest BCUT2D eigenvalue weighted by Gasteiger charge is 2.24. The lowest BCUT2D eigenvalue weighted by Crippen LogP contribution is -2.06. The molecule has 0 saturated heterocycles. The number of benzene rings is 7. The number of fused-ring (bicyclic) bond motifs is 12.